The number of benzene rings is 1. The van der Waals surface area contributed by atoms with Crippen molar-refractivity contribution in [2.45, 2.75) is 46.0 Å². The highest BCUT2D eigenvalue weighted by atomic mass is 16.5. The summed E-state index contributed by atoms with van der Waals surface area (Å²) in [6.45, 7) is 8.50. The number of unbranched alkanes of at least 4 members (excludes halogenated alkanes) is 2. The van der Waals surface area contributed by atoms with Gasteiger partial charge < -0.3 is 14.7 Å². The van der Waals surface area contributed by atoms with Crippen molar-refractivity contribution in [2.24, 2.45) is 0 Å². The maximum absolute atomic E-state index is 12.9. The lowest BCUT2D eigenvalue weighted by atomic mass is 10.1. The normalized spacial score (nSPS) is 11.3. The van der Waals surface area contributed by atoms with Crippen LogP contribution in [0, 0.1) is 0 Å². The second-order valence-corrected chi connectivity index (χ2v) is 7.83. The minimum atomic E-state index is -0.146. The molecule has 2 heterocycles. The van der Waals surface area contributed by atoms with Crippen LogP contribution in [-0.2, 0) is 0 Å². The quantitative estimate of drug-likeness (QED) is 0.311. The Morgan fingerprint density at radius 3 is 2.39 bits per heavy atom. The Morgan fingerprint density at radius 2 is 1.71 bits per heavy atom. The van der Waals surface area contributed by atoms with Gasteiger partial charge in [0.1, 0.15) is 11.4 Å². The van der Waals surface area contributed by atoms with E-state index in [2.05, 4.69) is 23.7 Å². The number of imidazole rings is 1. The molecule has 3 aromatic rings. The molecule has 0 saturated carbocycles. The molecule has 0 unspecified atom stereocenters. The summed E-state index contributed by atoms with van der Waals surface area (Å²) in [5.74, 6) is 0.668. The van der Waals surface area contributed by atoms with Crippen LogP contribution in [0.25, 0.3) is 5.65 Å². The summed E-state index contributed by atoms with van der Waals surface area (Å²) in [5, 5.41) is 9.88. The van der Waals surface area contributed by atoms with Crippen LogP contribution in [0.2, 0.25) is 0 Å². The van der Waals surface area contributed by atoms with Gasteiger partial charge in [0.2, 0.25) is 5.78 Å². The number of ketones is 1. The SMILES string of the molecule is CCCCN(CCCC)CCCOc1ccc(C(=O)c2cnc3c(O)cccn23)cc1. The Morgan fingerprint density at radius 1 is 1.03 bits per heavy atom. The zero-order chi connectivity index (χ0) is 22.1. The first-order chi connectivity index (χ1) is 15.1. The lowest BCUT2D eigenvalue weighted by Gasteiger charge is -2.21. The molecule has 31 heavy (non-hydrogen) atoms. The van der Waals surface area contributed by atoms with E-state index >= 15 is 0 Å². The van der Waals surface area contributed by atoms with Gasteiger partial charge in [-0.05, 0) is 68.8 Å². The van der Waals surface area contributed by atoms with Gasteiger partial charge in [0.25, 0.3) is 0 Å². The van der Waals surface area contributed by atoms with Gasteiger partial charge in [-0.3, -0.25) is 9.20 Å². The highest BCUT2D eigenvalue weighted by Gasteiger charge is 2.16. The second-order valence-electron chi connectivity index (χ2n) is 7.83. The summed E-state index contributed by atoms with van der Waals surface area (Å²) in [4.78, 5) is 19.5. The van der Waals surface area contributed by atoms with Crippen LogP contribution < -0.4 is 4.74 Å². The first kappa shape index (κ1) is 22.8. The van der Waals surface area contributed by atoms with E-state index in [-0.39, 0.29) is 11.5 Å². The molecule has 0 amide bonds. The number of hydrogen-bond donors (Lipinski definition) is 1. The number of pyridine rings is 1. The average Bonchev–Trinajstić information content (AvgIpc) is 3.23. The molecule has 166 valence electrons. The van der Waals surface area contributed by atoms with Crippen molar-refractivity contribution in [3.05, 3.63) is 60.0 Å². The van der Waals surface area contributed by atoms with Crippen molar-refractivity contribution in [2.75, 3.05) is 26.2 Å². The van der Waals surface area contributed by atoms with Crippen LogP contribution in [0.3, 0.4) is 0 Å². The third-order valence-electron chi connectivity index (χ3n) is 5.41. The zero-order valence-electron chi connectivity index (χ0n) is 18.6. The van der Waals surface area contributed by atoms with E-state index in [4.69, 9.17) is 4.74 Å². The van der Waals surface area contributed by atoms with Gasteiger partial charge in [-0.1, -0.05) is 26.7 Å². The number of rotatable bonds is 13. The van der Waals surface area contributed by atoms with Gasteiger partial charge >= 0.3 is 0 Å². The van der Waals surface area contributed by atoms with E-state index in [1.54, 1.807) is 34.9 Å². The number of carbonyl (C=O) groups excluding carboxylic acids is 1. The minimum Gasteiger partial charge on any atom is -0.504 e. The molecule has 6 heteroatoms. The molecule has 6 nitrogen and oxygen atoms in total. The molecule has 0 saturated heterocycles. The Balaban J connectivity index is 1.53. The van der Waals surface area contributed by atoms with Crippen LogP contribution in [0.1, 0.15) is 62.0 Å². The lowest BCUT2D eigenvalue weighted by Crippen LogP contribution is -2.28. The minimum absolute atomic E-state index is 0.0493. The summed E-state index contributed by atoms with van der Waals surface area (Å²) in [6, 6.07) is 10.4. The van der Waals surface area contributed by atoms with Crippen LogP contribution in [0.5, 0.6) is 11.5 Å². The van der Waals surface area contributed by atoms with Crippen molar-refractivity contribution in [3.63, 3.8) is 0 Å². The smallest absolute Gasteiger partial charge is 0.211 e. The van der Waals surface area contributed by atoms with Crippen molar-refractivity contribution in [3.8, 4) is 11.5 Å². The van der Waals surface area contributed by atoms with Crippen molar-refractivity contribution >= 4 is 11.4 Å². The lowest BCUT2D eigenvalue weighted by molar-refractivity contribution is 0.103. The first-order valence-corrected chi connectivity index (χ1v) is 11.3. The Labute approximate surface area is 184 Å². The summed E-state index contributed by atoms with van der Waals surface area (Å²) >= 11 is 0. The largest absolute Gasteiger partial charge is 0.504 e. The monoisotopic (exact) mass is 423 g/mol. The third kappa shape index (κ3) is 6.07. The molecule has 2 aromatic heterocycles. The molecule has 0 atom stereocenters. The Kier molecular flexibility index (Phi) is 8.47. The first-order valence-electron chi connectivity index (χ1n) is 11.3. The van der Waals surface area contributed by atoms with Crippen LogP contribution >= 0.6 is 0 Å². The van der Waals surface area contributed by atoms with Crippen LogP contribution in [0.4, 0.5) is 0 Å². The average molecular weight is 424 g/mol. The fourth-order valence-corrected chi connectivity index (χ4v) is 3.59. The van der Waals surface area contributed by atoms with E-state index in [1.165, 1.54) is 31.9 Å². The molecule has 0 aliphatic carbocycles. The van der Waals surface area contributed by atoms with Crippen molar-refractivity contribution in [1.29, 1.82) is 0 Å². The molecule has 0 bridgehead atoms. The molecule has 3 rings (SSSR count). The predicted molar refractivity (Wildman–Crippen MR) is 123 cm³/mol. The van der Waals surface area contributed by atoms with E-state index in [1.807, 2.05) is 12.1 Å². The maximum Gasteiger partial charge on any atom is 0.211 e. The standard InChI is InChI=1S/C25H33N3O3/c1-3-5-14-27(15-6-4-2)16-8-18-31-21-12-10-20(11-13-21)24(30)22-19-26-25-23(29)9-7-17-28(22)25/h7,9-13,17,19,29H,3-6,8,14-16,18H2,1-2H3. The Bertz CT molecular complexity index is 958. The van der Waals surface area contributed by atoms with Gasteiger partial charge in [-0.15, -0.1) is 0 Å². The number of hydrogen-bond acceptors (Lipinski definition) is 5. The summed E-state index contributed by atoms with van der Waals surface area (Å²) in [5.41, 5.74) is 1.35. The fraction of sp³-hybridized carbons (Fsp3) is 0.440. The van der Waals surface area contributed by atoms with Gasteiger partial charge in [-0.2, -0.15) is 0 Å². The molecule has 0 radical (unpaired) electrons. The zero-order valence-corrected chi connectivity index (χ0v) is 18.6. The molecule has 0 spiro atoms. The van der Waals surface area contributed by atoms with Crippen LogP contribution in [0.15, 0.2) is 48.8 Å². The maximum atomic E-state index is 12.9. The summed E-state index contributed by atoms with van der Waals surface area (Å²) in [6.07, 6.45) is 9.13. The second kappa shape index (κ2) is 11.5. The van der Waals surface area contributed by atoms with Crippen LogP contribution in [-0.4, -0.2) is 51.4 Å². The molecular weight excluding hydrogens is 390 g/mol. The van der Waals surface area contributed by atoms with Gasteiger partial charge in [0.15, 0.2) is 11.4 Å². The predicted octanol–water partition coefficient (Wildman–Crippen LogP) is 4.94. The highest BCUT2D eigenvalue weighted by Crippen LogP contribution is 2.20. The van der Waals surface area contributed by atoms with Gasteiger partial charge in [-0.25, -0.2) is 4.98 Å². The molecule has 0 aliphatic heterocycles. The molecule has 1 aromatic carbocycles. The van der Waals surface area contributed by atoms with Gasteiger partial charge in [0, 0.05) is 18.3 Å². The fourth-order valence-electron chi connectivity index (χ4n) is 3.59. The topological polar surface area (TPSA) is 67.1 Å². The number of fused-ring (bicyclic) bond motifs is 1. The number of aromatic nitrogens is 2. The number of ether oxygens (including phenoxy) is 1. The molecule has 1 N–H and O–H groups in total. The number of carbonyl (C=O) groups is 1. The van der Waals surface area contributed by atoms with E-state index in [9.17, 15) is 9.90 Å². The summed E-state index contributed by atoms with van der Waals surface area (Å²) in [7, 11) is 0. The van der Waals surface area contributed by atoms with E-state index in [0.29, 0.717) is 23.5 Å². The Hall–Kier alpha value is -2.86. The number of aromatic hydroxyl groups is 1. The molecule has 0 aliphatic rings. The molecule has 0 fully saturated rings. The van der Waals surface area contributed by atoms with Gasteiger partial charge in [0.05, 0.1) is 12.8 Å². The molecular formula is C25H33N3O3. The third-order valence-corrected chi connectivity index (χ3v) is 5.41. The number of nitrogens with zero attached hydrogens (tertiary/aromatic N) is 3. The van der Waals surface area contributed by atoms with E-state index in [0.717, 1.165) is 31.8 Å². The summed E-state index contributed by atoms with van der Waals surface area (Å²) < 4.78 is 7.49. The van der Waals surface area contributed by atoms with E-state index < -0.39 is 0 Å². The van der Waals surface area contributed by atoms with Crippen molar-refractivity contribution < 1.29 is 14.6 Å². The van der Waals surface area contributed by atoms with Crippen molar-refractivity contribution in [1.82, 2.24) is 14.3 Å². The highest BCUT2D eigenvalue weighted by molar-refractivity contribution is 6.08.